The van der Waals surface area contributed by atoms with Gasteiger partial charge in [-0.15, -0.1) is 0 Å². The van der Waals surface area contributed by atoms with Gasteiger partial charge in [-0.25, -0.2) is 4.79 Å². The summed E-state index contributed by atoms with van der Waals surface area (Å²) >= 11 is 0. The molecule has 0 atom stereocenters. The number of esters is 1. The van der Waals surface area contributed by atoms with E-state index in [4.69, 9.17) is 4.74 Å². The van der Waals surface area contributed by atoms with Gasteiger partial charge in [0.25, 0.3) is 0 Å². The van der Waals surface area contributed by atoms with Crippen molar-refractivity contribution in [3.05, 3.63) is 96.2 Å². The van der Waals surface area contributed by atoms with E-state index in [1.54, 1.807) is 0 Å². The van der Waals surface area contributed by atoms with E-state index in [0.717, 1.165) is 49.3 Å². The van der Waals surface area contributed by atoms with E-state index >= 15 is 0 Å². The van der Waals surface area contributed by atoms with E-state index in [1.165, 1.54) is 16.7 Å². The number of ether oxygens (including phenoxy) is 1. The molecule has 5 nitrogen and oxygen atoms in total. The molecule has 0 N–H and O–H groups in total. The van der Waals surface area contributed by atoms with E-state index in [2.05, 4.69) is 63.3 Å². The Kier molecular flexibility index (Phi) is 6.54. The number of rotatable bonds is 6. The lowest BCUT2D eigenvalue weighted by atomic mass is 9.97. The molecule has 5 heteroatoms. The highest BCUT2D eigenvalue weighted by Crippen LogP contribution is 2.30. The molecule has 3 aromatic carbocycles. The number of hydrogen-bond acceptors (Lipinski definition) is 5. The molecule has 1 saturated heterocycles. The number of pyridine rings is 1. The summed E-state index contributed by atoms with van der Waals surface area (Å²) in [4.78, 5) is 21.5. The van der Waals surface area contributed by atoms with Gasteiger partial charge in [0.1, 0.15) is 0 Å². The fourth-order valence-corrected chi connectivity index (χ4v) is 4.67. The average Bonchev–Trinajstić information content (AvgIpc) is 2.89. The molecule has 4 aromatic rings. The summed E-state index contributed by atoms with van der Waals surface area (Å²) in [5.74, 6) is -0.265. The number of piperazine rings is 1. The summed E-state index contributed by atoms with van der Waals surface area (Å²) in [6.45, 7) is 7.01. The SMILES string of the molecule is CCOC(=O)c1ccc(N2CCN(Cc3ccccc3-c3cccc4cccnc34)CC2)cc1. The van der Waals surface area contributed by atoms with Gasteiger partial charge in [0.2, 0.25) is 0 Å². The van der Waals surface area contributed by atoms with Gasteiger partial charge in [-0.3, -0.25) is 9.88 Å². The summed E-state index contributed by atoms with van der Waals surface area (Å²) in [6, 6.07) is 26.9. The van der Waals surface area contributed by atoms with Crippen LogP contribution >= 0.6 is 0 Å². The fraction of sp³-hybridized carbons (Fsp3) is 0.241. The highest BCUT2D eigenvalue weighted by Gasteiger charge is 2.19. The van der Waals surface area contributed by atoms with Crippen LogP contribution in [0.1, 0.15) is 22.8 Å². The van der Waals surface area contributed by atoms with Crippen LogP contribution in [0.5, 0.6) is 0 Å². The molecule has 0 aliphatic carbocycles. The lowest BCUT2D eigenvalue weighted by Gasteiger charge is -2.36. The summed E-state index contributed by atoms with van der Waals surface area (Å²) in [6.07, 6.45) is 1.87. The van der Waals surface area contributed by atoms with Gasteiger partial charge < -0.3 is 9.64 Å². The predicted octanol–water partition coefficient (Wildman–Crippen LogP) is 5.40. The molecule has 0 spiro atoms. The van der Waals surface area contributed by atoms with Crippen molar-refractivity contribution in [3.63, 3.8) is 0 Å². The monoisotopic (exact) mass is 451 g/mol. The van der Waals surface area contributed by atoms with Gasteiger partial charge in [0.05, 0.1) is 17.7 Å². The molecule has 0 unspecified atom stereocenters. The number of carbonyl (C=O) groups is 1. The molecular formula is C29H29N3O2. The fourth-order valence-electron chi connectivity index (χ4n) is 4.67. The van der Waals surface area contributed by atoms with E-state index in [-0.39, 0.29) is 5.97 Å². The van der Waals surface area contributed by atoms with E-state index < -0.39 is 0 Å². The third-order valence-electron chi connectivity index (χ3n) is 6.45. The first-order valence-electron chi connectivity index (χ1n) is 11.9. The average molecular weight is 452 g/mol. The van der Waals surface area contributed by atoms with Crippen molar-refractivity contribution in [2.75, 3.05) is 37.7 Å². The second-order valence-corrected chi connectivity index (χ2v) is 8.57. The number of nitrogens with zero attached hydrogens (tertiary/aromatic N) is 3. The van der Waals surface area contributed by atoms with E-state index in [9.17, 15) is 4.79 Å². The quantitative estimate of drug-likeness (QED) is 0.367. The van der Waals surface area contributed by atoms with Crippen LogP contribution in [0.4, 0.5) is 5.69 Å². The molecule has 1 aliphatic heterocycles. The standard InChI is InChI=1S/C29H29N3O2/c1-2-34-29(33)23-12-14-25(15-13-23)32-19-17-31(18-20-32)21-24-7-3-4-10-26(24)27-11-5-8-22-9-6-16-30-28(22)27/h3-16H,2,17-21H2,1H3. The zero-order valence-corrected chi connectivity index (χ0v) is 19.5. The number of fused-ring (bicyclic) bond motifs is 1. The molecule has 34 heavy (non-hydrogen) atoms. The maximum Gasteiger partial charge on any atom is 0.338 e. The van der Waals surface area contributed by atoms with Crippen LogP contribution in [-0.4, -0.2) is 48.6 Å². The third-order valence-corrected chi connectivity index (χ3v) is 6.45. The number of carbonyl (C=O) groups excluding carboxylic acids is 1. The number of hydrogen-bond donors (Lipinski definition) is 0. The zero-order valence-electron chi connectivity index (χ0n) is 19.5. The van der Waals surface area contributed by atoms with Crippen LogP contribution in [0.3, 0.4) is 0 Å². The lowest BCUT2D eigenvalue weighted by molar-refractivity contribution is 0.0526. The van der Waals surface area contributed by atoms with Crippen molar-refractivity contribution in [2.24, 2.45) is 0 Å². The molecule has 0 bridgehead atoms. The van der Waals surface area contributed by atoms with Crippen LogP contribution in [0.25, 0.3) is 22.0 Å². The first kappa shape index (κ1) is 22.1. The van der Waals surface area contributed by atoms with Gasteiger partial charge in [-0.1, -0.05) is 48.5 Å². The highest BCUT2D eigenvalue weighted by atomic mass is 16.5. The Morgan fingerprint density at radius 1 is 0.853 bits per heavy atom. The van der Waals surface area contributed by atoms with Gasteiger partial charge in [0.15, 0.2) is 0 Å². The molecule has 2 heterocycles. The van der Waals surface area contributed by atoms with Crippen LogP contribution in [-0.2, 0) is 11.3 Å². The first-order valence-corrected chi connectivity index (χ1v) is 11.9. The Morgan fingerprint density at radius 3 is 2.38 bits per heavy atom. The Hall–Kier alpha value is -3.70. The third kappa shape index (κ3) is 4.66. The van der Waals surface area contributed by atoms with Crippen LogP contribution in [0, 0.1) is 0 Å². The molecule has 0 amide bonds. The molecule has 1 fully saturated rings. The Labute approximate surface area is 200 Å². The summed E-state index contributed by atoms with van der Waals surface area (Å²) in [5, 5.41) is 1.16. The second-order valence-electron chi connectivity index (χ2n) is 8.57. The molecule has 172 valence electrons. The molecular weight excluding hydrogens is 422 g/mol. The van der Waals surface area contributed by atoms with Crippen molar-refractivity contribution in [1.82, 2.24) is 9.88 Å². The number of benzene rings is 3. The molecule has 5 rings (SSSR count). The Bertz CT molecular complexity index is 1270. The predicted molar refractivity (Wildman–Crippen MR) is 137 cm³/mol. The van der Waals surface area contributed by atoms with Crippen molar-refractivity contribution in [1.29, 1.82) is 0 Å². The second kappa shape index (κ2) is 10.1. The maximum absolute atomic E-state index is 11.9. The summed E-state index contributed by atoms with van der Waals surface area (Å²) < 4.78 is 5.09. The summed E-state index contributed by atoms with van der Waals surface area (Å²) in [7, 11) is 0. The van der Waals surface area contributed by atoms with Crippen LogP contribution in [0.15, 0.2) is 85.1 Å². The Balaban J connectivity index is 1.28. The van der Waals surface area contributed by atoms with Crippen LogP contribution in [0.2, 0.25) is 0 Å². The Morgan fingerprint density at radius 2 is 1.59 bits per heavy atom. The van der Waals surface area contributed by atoms with Gasteiger partial charge in [-0.2, -0.15) is 0 Å². The largest absolute Gasteiger partial charge is 0.462 e. The molecule has 0 radical (unpaired) electrons. The van der Waals surface area contributed by atoms with E-state index in [0.29, 0.717) is 12.2 Å². The molecule has 1 aromatic heterocycles. The minimum absolute atomic E-state index is 0.265. The van der Waals surface area contributed by atoms with Crippen molar-refractivity contribution in [3.8, 4) is 11.1 Å². The number of aromatic nitrogens is 1. The summed E-state index contributed by atoms with van der Waals surface area (Å²) in [5.41, 5.74) is 6.57. The lowest BCUT2D eigenvalue weighted by Crippen LogP contribution is -2.46. The van der Waals surface area contributed by atoms with Gasteiger partial charge >= 0.3 is 5.97 Å². The smallest absolute Gasteiger partial charge is 0.338 e. The van der Waals surface area contributed by atoms with Crippen molar-refractivity contribution in [2.45, 2.75) is 13.5 Å². The number of anilines is 1. The van der Waals surface area contributed by atoms with Crippen LogP contribution < -0.4 is 4.90 Å². The van der Waals surface area contributed by atoms with Gasteiger partial charge in [-0.05, 0) is 48.4 Å². The number of para-hydroxylation sites is 1. The molecule has 1 aliphatic rings. The zero-order chi connectivity index (χ0) is 23.3. The maximum atomic E-state index is 11.9. The van der Waals surface area contributed by atoms with Crippen molar-refractivity contribution >= 4 is 22.6 Å². The minimum atomic E-state index is -0.265. The first-order chi connectivity index (χ1) is 16.7. The molecule has 0 saturated carbocycles. The normalized spacial score (nSPS) is 14.3. The minimum Gasteiger partial charge on any atom is -0.462 e. The van der Waals surface area contributed by atoms with E-state index in [1.807, 2.05) is 43.5 Å². The topological polar surface area (TPSA) is 45.7 Å². The highest BCUT2D eigenvalue weighted by molar-refractivity contribution is 5.94. The van der Waals surface area contributed by atoms with Crippen molar-refractivity contribution < 1.29 is 9.53 Å². The van der Waals surface area contributed by atoms with Gasteiger partial charge in [0, 0.05) is 55.6 Å².